The van der Waals surface area contributed by atoms with Crippen molar-refractivity contribution in [1.82, 2.24) is 4.57 Å². The number of unbranched alkanes of at least 4 members (excludes halogenated alkanes) is 1. The first-order valence-electron chi connectivity index (χ1n) is 9.20. The van der Waals surface area contributed by atoms with Crippen molar-refractivity contribution in [3.8, 4) is 5.75 Å². The third-order valence-electron chi connectivity index (χ3n) is 4.31. The van der Waals surface area contributed by atoms with E-state index in [0.29, 0.717) is 18.0 Å². The lowest BCUT2D eigenvalue weighted by atomic mass is 10.1. The fourth-order valence-electron chi connectivity index (χ4n) is 3.00. The van der Waals surface area contributed by atoms with Gasteiger partial charge in [-0.2, -0.15) is 0 Å². The first-order valence-corrected chi connectivity index (χ1v) is 9.20. The number of hydrogen-bond donors (Lipinski definition) is 1. The number of esters is 1. The van der Waals surface area contributed by atoms with E-state index in [4.69, 9.17) is 4.74 Å². The van der Waals surface area contributed by atoms with Gasteiger partial charge in [0.2, 0.25) is 0 Å². The summed E-state index contributed by atoms with van der Waals surface area (Å²) >= 11 is 0. The topological polar surface area (TPSA) is 77.4 Å². The van der Waals surface area contributed by atoms with E-state index in [0.717, 1.165) is 30.5 Å². The van der Waals surface area contributed by atoms with Crippen LogP contribution in [0, 0.1) is 6.92 Å². The van der Waals surface area contributed by atoms with Gasteiger partial charge in [-0.3, -0.25) is 14.4 Å². The second kappa shape index (κ2) is 9.16. The number of nitrogens with zero attached hydrogens (tertiary/aromatic N) is 1. The number of carbonyl (C=O) groups excluding carboxylic acids is 2. The predicted octanol–water partition coefficient (Wildman–Crippen LogP) is 3.70. The molecule has 1 amide bonds. The number of aromatic nitrogens is 1. The molecule has 0 unspecified atom stereocenters. The number of benzene rings is 1. The van der Waals surface area contributed by atoms with Crippen LogP contribution < -0.4 is 15.6 Å². The van der Waals surface area contributed by atoms with Gasteiger partial charge in [-0.05, 0) is 55.7 Å². The van der Waals surface area contributed by atoms with E-state index in [9.17, 15) is 14.4 Å². The van der Waals surface area contributed by atoms with Crippen LogP contribution in [-0.2, 0) is 17.8 Å². The molecule has 0 bridgehead atoms. The Bertz CT molecular complexity index is 882. The van der Waals surface area contributed by atoms with Gasteiger partial charge in [0, 0.05) is 24.8 Å². The lowest BCUT2D eigenvalue weighted by Crippen LogP contribution is -2.32. The lowest BCUT2D eigenvalue weighted by Gasteiger charge is -2.16. The number of hydrogen-bond acceptors (Lipinski definition) is 4. The maximum absolute atomic E-state index is 12.9. The second-order valence-electron chi connectivity index (χ2n) is 6.42. The highest BCUT2D eigenvalue weighted by molar-refractivity contribution is 6.04. The van der Waals surface area contributed by atoms with E-state index in [2.05, 4.69) is 12.2 Å². The van der Waals surface area contributed by atoms with Crippen molar-refractivity contribution in [2.75, 3.05) is 5.32 Å². The van der Waals surface area contributed by atoms with Crippen molar-refractivity contribution < 1.29 is 14.3 Å². The molecule has 0 saturated heterocycles. The van der Waals surface area contributed by atoms with E-state index < -0.39 is 11.9 Å². The van der Waals surface area contributed by atoms with E-state index in [1.54, 1.807) is 34.9 Å². The zero-order valence-electron chi connectivity index (χ0n) is 16.3. The van der Waals surface area contributed by atoms with Gasteiger partial charge in [0.1, 0.15) is 11.3 Å². The molecular weight excluding hydrogens is 344 g/mol. The Morgan fingerprint density at radius 3 is 2.37 bits per heavy atom. The molecule has 2 aromatic rings. The molecule has 1 aromatic heterocycles. The van der Waals surface area contributed by atoms with Gasteiger partial charge in [0.25, 0.3) is 11.5 Å². The Morgan fingerprint density at radius 1 is 1.15 bits per heavy atom. The molecule has 2 rings (SSSR count). The summed E-state index contributed by atoms with van der Waals surface area (Å²) in [5.41, 5.74) is 2.29. The molecule has 1 N–H and O–H groups in total. The summed E-state index contributed by atoms with van der Waals surface area (Å²) in [5, 5.41) is 2.73. The van der Waals surface area contributed by atoms with Crippen LogP contribution in [0.25, 0.3) is 0 Å². The number of pyridine rings is 1. The Balaban J connectivity index is 2.29. The SMILES string of the molecule is CCCCn1c(CC)c(C)cc(C(=O)Nc2ccc(OC(C)=O)cc2)c1=O. The lowest BCUT2D eigenvalue weighted by molar-refractivity contribution is -0.131. The molecule has 0 fully saturated rings. The van der Waals surface area contributed by atoms with Crippen LogP contribution >= 0.6 is 0 Å². The fraction of sp³-hybridized carbons (Fsp3) is 0.381. The number of anilines is 1. The summed E-state index contributed by atoms with van der Waals surface area (Å²) < 4.78 is 6.69. The standard InChI is InChI=1S/C21H26N2O4/c1-5-7-12-23-19(6-2)14(3)13-18(21(23)26)20(25)22-16-8-10-17(11-9-16)27-15(4)24/h8-11,13H,5-7,12H2,1-4H3,(H,22,25). The summed E-state index contributed by atoms with van der Waals surface area (Å²) in [6.07, 6.45) is 2.60. The number of aryl methyl sites for hydroxylation is 1. The maximum Gasteiger partial charge on any atom is 0.308 e. The quantitative estimate of drug-likeness (QED) is 0.595. The first-order chi connectivity index (χ1) is 12.9. The number of nitrogens with one attached hydrogen (secondary N) is 1. The van der Waals surface area contributed by atoms with Crippen molar-refractivity contribution in [3.05, 3.63) is 57.5 Å². The van der Waals surface area contributed by atoms with Crippen LogP contribution in [0.4, 0.5) is 5.69 Å². The summed E-state index contributed by atoms with van der Waals surface area (Å²) in [6, 6.07) is 8.08. The highest BCUT2D eigenvalue weighted by Crippen LogP contribution is 2.17. The molecule has 1 aromatic carbocycles. The van der Waals surface area contributed by atoms with Crippen molar-refractivity contribution >= 4 is 17.6 Å². The molecule has 0 aliphatic rings. The predicted molar refractivity (Wildman–Crippen MR) is 105 cm³/mol. The third-order valence-corrected chi connectivity index (χ3v) is 4.31. The highest BCUT2D eigenvalue weighted by Gasteiger charge is 2.17. The van der Waals surface area contributed by atoms with Gasteiger partial charge in [-0.1, -0.05) is 20.3 Å². The van der Waals surface area contributed by atoms with Crippen molar-refractivity contribution in [1.29, 1.82) is 0 Å². The van der Waals surface area contributed by atoms with E-state index in [1.807, 2.05) is 13.8 Å². The van der Waals surface area contributed by atoms with Crippen LogP contribution in [0.2, 0.25) is 0 Å². The van der Waals surface area contributed by atoms with Crippen LogP contribution in [0.15, 0.2) is 35.1 Å². The molecule has 0 atom stereocenters. The minimum absolute atomic E-state index is 0.130. The minimum Gasteiger partial charge on any atom is -0.427 e. The van der Waals surface area contributed by atoms with Crippen LogP contribution in [0.3, 0.4) is 0 Å². The molecule has 1 heterocycles. The van der Waals surface area contributed by atoms with Crippen LogP contribution in [-0.4, -0.2) is 16.4 Å². The first kappa shape index (κ1) is 20.4. The average molecular weight is 370 g/mol. The zero-order chi connectivity index (χ0) is 20.0. The van der Waals surface area contributed by atoms with Crippen LogP contribution in [0.1, 0.15) is 55.2 Å². The normalized spacial score (nSPS) is 10.5. The van der Waals surface area contributed by atoms with Gasteiger partial charge >= 0.3 is 5.97 Å². The molecule has 0 saturated carbocycles. The Kier molecular flexibility index (Phi) is 6.93. The van der Waals surface area contributed by atoms with Gasteiger partial charge in [0.05, 0.1) is 0 Å². The molecule has 0 spiro atoms. The third kappa shape index (κ3) is 5.06. The molecule has 144 valence electrons. The molecule has 27 heavy (non-hydrogen) atoms. The highest BCUT2D eigenvalue weighted by atomic mass is 16.5. The number of carbonyl (C=O) groups is 2. The van der Waals surface area contributed by atoms with E-state index in [-0.39, 0.29) is 11.1 Å². The maximum atomic E-state index is 12.9. The molecule has 0 aliphatic carbocycles. The largest absolute Gasteiger partial charge is 0.427 e. The fourth-order valence-corrected chi connectivity index (χ4v) is 3.00. The Labute approximate surface area is 159 Å². The number of rotatable bonds is 7. The molecule has 0 radical (unpaired) electrons. The van der Waals surface area contributed by atoms with Crippen molar-refractivity contribution in [3.63, 3.8) is 0 Å². The Morgan fingerprint density at radius 2 is 1.81 bits per heavy atom. The van der Waals surface area contributed by atoms with E-state index >= 15 is 0 Å². The van der Waals surface area contributed by atoms with Crippen molar-refractivity contribution in [2.24, 2.45) is 0 Å². The minimum atomic E-state index is -0.448. The van der Waals surface area contributed by atoms with Crippen LogP contribution in [0.5, 0.6) is 5.75 Å². The number of ether oxygens (including phenoxy) is 1. The Hall–Kier alpha value is -2.89. The average Bonchev–Trinajstić information content (AvgIpc) is 2.63. The van der Waals surface area contributed by atoms with Gasteiger partial charge in [-0.25, -0.2) is 0 Å². The zero-order valence-corrected chi connectivity index (χ0v) is 16.3. The summed E-state index contributed by atoms with van der Waals surface area (Å²) in [5.74, 6) is -0.465. The molecule has 6 heteroatoms. The van der Waals surface area contributed by atoms with Crippen molar-refractivity contribution in [2.45, 2.75) is 53.5 Å². The summed E-state index contributed by atoms with van der Waals surface area (Å²) in [6.45, 7) is 7.93. The number of amides is 1. The molecular formula is C21H26N2O4. The summed E-state index contributed by atoms with van der Waals surface area (Å²) in [7, 11) is 0. The monoisotopic (exact) mass is 370 g/mol. The smallest absolute Gasteiger partial charge is 0.308 e. The van der Waals surface area contributed by atoms with Gasteiger partial charge in [0.15, 0.2) is 0 Å². The van der Waals surface area contributed by atoms with Gasteiger partial charge < -0.3 is 14.6 Å². The molecule has 6 nitrogen and oxygen atoms in total. The second-order valence-corrected chi connectivity index (χ2v) is 6.42. The summed E-state index contributed by atoms with van der Waals surface area (Å²) in [4.78, 5) is 36.5. The molecule has 0 aliphatic heterocycles. The van der Waals surface area contributed by atoms with E-state index in [1.165, 1.54) is 6.92 Å². The van der Waals surface area contributed by atoms with Gasteiger partial charge in [-0.15, -0.1) is 0 Å².